The number of rotatable bonds is 4. The first-order valence-corrected chi connectivity index (χ1v) is 7.93. The molecule has 2 aliphatic heterocycles. The fourth-order valence-corrected chi connectivity index (χ4v) is 3.98. The Balaban J connectivity index is 0.000000239. The van der Waals surface area contributed by atoms with Gasteiger partial charge in [0.05, 0.1) is 11.8 Å². The predicted octanol–water partition coefficient (Wildman–Crippen LogP) is 0.289. The SMILES string of the molecule is CC/C=C/C(N)C(N)=O.CC1(C)S[C@@H]2CC(=O)N2[C@H]1C(=O)O. The number of hydrogen-bond donors (Lipinski definition) is 3. The van der Waals surface area contributed by atoms with Crippen molar-refractivity contribution in [3.8, 4) is 0 Å². The van der Waals surface area contributed by atoms with Crippen molar-refractivity contribution in [3.05, 3.63) is 12.2 Å². The molecule has 0 bridgehead atoms. The van der Waals surface area contributed by atoms with E-state index in [0.717, 1.165) is 6.42 Å². The Kier molecular flexibility index (Phi) is 6.01. The van der Waals surface area contributed by atoms with Crippen molar-refractivity contribution in [3.63, 3.8) is 0 Å². The summed E-state index contributed by atoms with van der Waals surface area (Å²) in [7, 11) is 0. The predicted molar refractivity (Wildman–Crippen MR) is 84.9 cm³/mol. The van der Waals surface area contributed by atoms with Gasteiger partial charge in [-0.3, -0.25) is 9.59 Å². The molecule has 0 radical (unpaired) electrons. The Morgan fingerprint density at radius 2 is 2.14 bits per heavy atom. The molecular formula is C14H23N3O4S. The van der Waals surface area contributed by atoms with Crippen LogP contribution < -0.4 is 11.5 Å². The second kappa shape index (κ2) is 7.15. The van der Waals surface area contributed by atoms with Crippen LogP contribution in [0.2, 0.25) is 0 Å². The number of carboxylic acid groups (broad SMARTS) is 1. The van der Waals surface area contributed by atoms with Crippen LogP contribution in [0.4, 0.5) is 0 Å². The van der Waals surface area contributed by atoms with Gasteiger partial charge in [0, 0.05) is 4.75 Å². The molecule has 8 heteroatoms. The monoisotopic (exact) mass is 329 g/mol. The Morgan fingerprint density at radius 1 is 1.55 bits per heavy atom. The van der Waals surface area contributed by atoms with Crippen molar-refractivity contribution in [2.24, 2.45) is 11.5 Å². The van der Waals surface area contributed by atoms with Gasteiger partial charge in [0.2, 0.25) is 11.8 Å². The number of nitrogens with zero attached hydrogens (tertiary/aromatic N) is 1. The topological polar surface area (TPSA) is 127 Å². The molecule has 2 aliphatic rings. The van der Waals surface area contributed by atoms with E-state index in [9.17, 15) is 14.4 Å². The number of primary amides is 1. The minimum absolute atomic E-state index is 0.0320. The van der Waals surface area contributed by atoms with Gasteiger partial charge in [-0.2, -0.15) is 0 Å². The highest BCUT2D eigenvalue weighted by atomic mass is 32.2. The minimum Gasteiger partial charge on any atom is -0.480 e. The standard InChI is InChI=1S/C8H11NO3S.C6H12N2O/c1-8(2)6(7(11)12)9-4(10)3-5(9)13-8;1-2-3-4-5(7)6(8)9/h5-6H,3H2,1-2H3,(H,11,12);3-5H,2,7H2,1H3,(H2,8,9)/b;4-3+/t5-,6+;/m1./s1. The van der Waals surface area contributed by atoms with Gasteiger partial charge in [-0.15, -0.1) is 11.8 Å². The molecule has 3 atom stereocenters. The molecule has 22 heavy (non-hydrogen) atoms. The Bertz CT molecular complexity index is 492. The molecule has 124 valence electrons. The number of allylic oxidation sites excluding steroid dienone is 1. The van der Waals surface area contributed by atoms with Gasteiger partial charge in [0.25, 0.3) is 0 Å². The summed E-state index contributed by atoms with van der Waals surface area (Å²) in [5.41, 5.74) is 10.1. The van der Waals surface area contributed by atoms with E-state index >= 15 is 0 Å². The summed E-state index contributed by atoms with van der Waals surface area (Å²) >= 11 is 1.58. The molecule has 2 rings (SSSR count). The first kappa shape index (κ1) is 18.5. The van der Waals surface area contributed by atoms with E-state index in [2.05, 4.69) is 0 Å². The summed E-state index contributed by atoms with van der Waals surface area (Å²) in [5.74, 6) is -1.41. The maximum atomic E-state index is 11.2. The lowest BCUT2D eigenvalue weighted by Crippen LogP contribution is -2.56. The highest BCUT2D eigenvalue weighted by Crippen LogP contribution is 2.50. The zero-order valence-corrected chi connectivity index (χ0v) is 13.8. The van der Waals surface area contributed by atoms with Crippen LogP contribution in [0.1, 0.15) is 33.6 Å². The number of β-lactam (4-membered cyclic amide) rings is 1. The highest BCUT2D eigenvalue weighted by molar-refractivity contribution is 8.01. The van der Waals surface area contributed by atoms with Crippen LogP contribution in [-0.2, 0) is 14.4 Å². The third-order valence-corrected chi connectivity index (χ3v) is 4.96. The van der Waals surface area contributed by atoms with Crippen molar-refractivity contribution in [1.82, 2.24) is 4.90 Å². The van der Waals surface area contributed by atoms with E-state index in [1.165, 1.54) is 4.90 Å². The number of hydrogen-bond acceptors (Lipinski definition) is 5. The first-order chi connectivity index (χ1) is 10.1. The normalized spacial score (nSPS) is 26.7. The van der Waals surface area contributed by atoms with Crippen molar-refractivity contribution in [2.45, 2.75) is 55.8 Å². The highest BCUT2D eigenvalue weighted by Gasteiger charge is 2.58. The van der Waals surface area contributed by atoms with E-state index in [4.69, 9.17) is 16.6 Å². The molecule has 0 aromatic carbocycles. The summed E-state index contributed by atoms with van der Waals surface area (Å²) in [6.45, 7) is 5.72. The third kappa shape index (κ3) is 4.01. The fraction of sp³-hybridized carbons (Fsp3) is 0.643. The van der Waals surface area contributed by atoms with Crippen molar-refractivity contribution in [2.75, 3.05) is 0 Å². The van der Waals surface area contributed by atoms with Gasteiger partial charge >= 0.3 is 5.97 Å². The maximum Gasteiger partial charge on any atom is 0.327 e. The Hall–Kier alpha value is -1.54. The Labute approximate surface area is 134 Å². The van der Waals surface area contributed by atoms with Gasteiger partial charge in [-0.05, 0) is 20.3 Å². The third-order valence-electron chi connectivity index (χ3n) is 3.47. The molecule has 0 aromatic heterocycles. The molecule has 7 nitrogen and oxygen atoms in total. The number of nitrogens with two attached hydrogens (primary N) is 2. The summed E-state index contributed by atoms with van der Waals surface area (Å²) in [5, 5.41) is 9.08. The van der Waals surface area contributed by atoms with Gasteiger partial charge in [-0.25, -0.2) is 4.79 Å². The lowest BCUT2D eigenvalue weighted by molar-refractivity contribution is -0.157. The number of carboxylic acids is 1. The molecule has 0 saturated carbocycles. The molecular weight excluding hydrogens is 306 g/mol. The maximum absolute atomic E-state index is 11.2. The number of aliphatic carboxylic acids is 1. The molecule has 5 N–H and O–H groups in total. The van der Waals surface area contributed by atoms with E-state index < -0.39 is 24.0 Å². The quantitative estimate of drug-likeness (QED) is 0.502. The number of amides is 2. The van der Waals surface area contributed by atoms with Crippen LogP contribution in [0.5, 0.6) is 0 Å². The van der Waals surface area contributed by atoms with Crippen molar-refractivity contribution in [1.29, 1.82) is 0 Å². The van der Waals surface area contributed by atoms with Crippen molar-refractivity contribution >= 4 is 29.5 Å². The van der Waals surface area contributed by atoms with Crippen LogP contribution >= 0.6 is 11.8 Å². The summed E-state index contributed by atoms with van der Waals surface area (Å²) in [6.07, 6.45) is 4.79. The Morgan fingerprint density at radius 3 is 2.50 bits per heavy atom. The largest absolute Gasteiger partial charge is 0.480 e. The summed E-state index contributed by atoms with van der Waals surface area (Å²) < 4.78 is -0.358. The van der Waals surface area contributed by atoms with Crippen LogP contribution in [0.25, 0.3) is 0 Å². The molecule has 1 unspecified atom stereocenters. The van der Waals surface area contributed by atoms with E-state index in [1.54, 1.807) is 17.8 Å². The van der Waals surface area contributed by atoms with E-state index in [0.29, 0.717) is 6.42 Å². The van der Waals surface area contributed by atoms with Crippen LogP contribution in [-0.4, -0.2) is 50.0 Å². The number of thioether (sulfide) groups is 1. The number of fused-ring (bicyclic) bond motifs is 1. The summed E-state index contributed by atoms with van der Waals surface area (Å²) in [4.78, 5) is 33.9. The van der Waals surface area contributed by atoms with Gasteiger partial charge in [0.1, 0.15) is 12.1 Å². The molecule has 2 fully saturated rings. The molecule has 0 aromatic rings. The van der Waals surface area contributed by atoms with Crippen LogP contribution in [0.15, 0.2) is 12.2 Å². The first-order valence-electron chi connectivity index (χ1n) is 7.05. The molecule has 0 aliphatic carbocycles. The molecule has 2 heterocycles. The van der Waals surface area contributed by atoms with Crippen LogP contribution in [0, 0.1) is 0 Å². The van der Waals surface area contributed by atoms with Crippen molar-refractivity contribution < 1.29 is 19.5 Å². The number of carbonyl (C=O) groups excluding carboxylic acids is 2. The van der Waals surface area contributed by atoms with Gasteiger partial charge < -0.3 is 21.5 Å². The zero-order chi connectivity index (χ0) is 17.1. The van der Waals surface area contributed by atoms with Gasteiger partial charge in [0.15, 0.2) is 0 Å². The molecule has 2 amide bonds. The average molecular weight is 329 g/mol. The average Bonchev–Trinajstić information content (AvgIpc) is 2.63. The fourth-order valence-electron chi connectivity index (χ4n) is 2.35. The smallest absolute Gasteiger partial charge is 0.327 e. The molecule has 2 saturated heterocycles. The van der Waals surface area contributed by atoms with E-state index in [-0.39, 0.29) is 16.0 Å². The minimum atomic E-state index is -0.895. The summed E-state index contributed by atoms with van der Waals surface area (Å²) in [6, 6.07) is -1.27. The lowest BCUT2D eigenvalue weighted by Gasteiger charge is -2.36. The second-order valence-corrected chi connectivity index (χ2v) is 7.52. The second-order valence-electron chi connectivity index (χ2n) is 5.69. The lowest BCUT2D eigenvalue weighted by atomic mass is 9.98. The molecule has 0 spiro atoms. The van der Waals surface area contributed by atoms with Gasteiger partial charge in [-0.1, -0.05) is 19.1 Å². The zero-order valence-electron chi connectivity index (χ0n) is 13.0. The van der Waals surface area contributed by atoms with E-state index in [1.807, 2.05) is 26.8 Å². The van der Waals surface area contributed by atoms with Crippen LogP contribution in [0.3, 0.4) is 0 Å². The number of carbonyl (C=O) groups is 3.